The van der Waals surface area contributed by atoms with E-state index in [2.05, 4.69) is 161 Å². The van der Waals surface area contributed by atoms with E-state index in [4.69, 9.17) is 0 Å². The van der Waals surface area contributed by atoms with Crippen LogP contribution < -0.4 is 0 Å². The third-order valence-corrected chi connectivity index (χ3v) is 10.9. The number of fused-ring (bicyclic) bond motifs is 9. The van der Waals surface area contributed by atoms with Crippen molar-refractivity contribution in [3.05, 3.63) is 198 Å². The van der Waals surface area contributed by atoms with Gasteiger partial charge in [0.25, 0.3) is 0 Å². The van der Waals surface area contributed by atoms with Crippen LogP contribution in [-0.2, 0) is 6.42 Å². The monoisotopic (exact) mass is 700 g/mol. The quantitative estimate of drug-likeness (QED) is 0.184. The average molecular weight is 701 g/mol. The van der Waals surface area contributed by atoms with E-state index in [-0.39, 0.29) is 0 Å². The zero-order valence-electron chi connectivity index (χ0n) is 29.9. The smallest absolute Gasteiger partial charge is 0.101 e. The predicted molar refractivity (Wildman–Crippen MR) is 228 cm³/mol. The molecule has 9 aromatic rings. The number of benzene rings is 7. The van der Waals surface area contributed by atoms with Gasteiger partial charge in [0.1, 0.15) is 12.1 Å². The Morgan fingerprint density at radius 3 is 1.98 bits per heavy atom. The van der Waals surface area contributed by atoms with E-state index >= 15 is 0 Å². The van der Waals surface area contributed by atoms with Gasteiger partial charge in [-0.3, -0.25) is 0 Å². The van der Waals surface area contributed by atoms with Crippen LogP contribution in [0.25, 0.3) is 82.8 Å². The lowest BCUT2D eigenvalue weighted by atomic mass is 9.96. The molecule has 0 amide bonds. The molecule has 0 bridgehead atoms. The fraction of sp³-hybridized carbons (Fsp3) is 0.0196. The molecular formula is C51H32N4. The van der Waals surface area contributed by atoms with Crippen LogP contribution in [0.5, 0.6) is 0 Å². The first-order valence-corrected chi connectivity index (χ1v) is 18.4. The normalized spacial score (nSPS) is 14.5. The standard InChI is InChI=1S/C51H32N4/c1-33-12-3-2-4-18-42-44-28-36(40-20-11-15-34-13-5-7-16-39(34)40)24-26-47(44)54(46(42)25-22-33)49-29-38(32-53)50(30-37(49)31-52)55-45-21-10-9-19-43(45)51-41-17-8-6-14-35(41)23-27-48(51)55/h2-17,19-30H,1,18H2/b4-2-,12-3-,25-22-. The summed E-state index contributed by atoms with van der Waals surface area (Å²) >= 11 is 0. The lowest BCUT2D eigenvalue weighted by molar-refractivity contribution is 1.06. The van der Waals surface area contributed by atoms with Crippen molar-refractivity contribution in [1.29, 1.82) is 10.5 Å². The summed E-state index contributed by atoms with van der Waals surface area (Å²) in [5.74, 6) is 0. The van der Waals surface area contributed by atoms with Gasteiger partial charge in [-0.15, -0.1) is 0 Å². The van der Waals surface area contributed by atoms with Gasteiger partial charge in [-0.2, -0.15) is 10.5 Å². The molecule has 0 radical (unpaired) electrons. The molecule has 4 nitrogen and oxygen atoms in total. The summed E-state index contributed by atoms with van der Waals surface area (Å²) in [6, 6.07) is 51.3. The molecule has 0 atom stereocenters. The molecule has 0 aliphatic heterocycles. The van der Waals surface area contributed by atoms with Crippen molar-refractivity contribution in [3.63, 3.8) is 0 Å². The minimum absolute atomic E-state index is 0.471. The molecule has 1 aliphatic carbocycles. The summed E-state index contributed by atoms with van der Waals surface area (Å²) < 4.78 is 4.30. The Morgan fingerprint density at radius 1 is 0.527 bits per heavy atom. The number of aromatic nitrogens is 2. The van der Waals surface area contributed by atoms with Crippen LogP contribution in [0.4, 0.5) is 0 Å². The van der Waals surface area contributed by atoms with Crippen LogP contribution in [0.2, 0.25) is 0 Å². The fourth-order valence-corrected chi connectivity index (χ4v) is 8.48. The molecule has 2 aromatic heterocycles. The topological polar surface area (TPSA) is 57.4 Å². The van der Waals surface area contributed by atoms with E-state index in [1.165, 1.54) is 10.8 Å². The van der Waals surface area contributed by atoms with Gasteiger partial charge >= 0.3 is 0 Å². The Hall–Kier alpha value is -7.66. The maximum Gasteiger partial charge on any atom is 0.101 e. The maximum absolute atomic E-state index is 11.0. The average Bonchev–Trinajstić information content (AvgIpc) is 3.74. The highest BCUT2D eigenvalue weighted by molar-refractivity contribution is 6.21. The van der Waals surface area contributed by atoms with Crippen molar-refractivity contribution in [2.75, 3.05) is 0 Å². The number of nitriles is 2. The molecule has 2 heterocycles. The van der Waals surface area contributed by atoms with Crippen LogP contribution in [0, 0.1) is 22.7 Å². The number of hydrogen-bond donors (Lipinski definition) is 0. The van der Waals surface area contributed by atoms with Crippen molar-refractivity contribution in [2.45, 2.75) is 6.42 Å². The SMILES string of the molecule is C=C1/C=C\C=C/Cc2c(n(-c3cc(C#N)c(-n4c5ccccc5c5c6ccccc6ccc54)cc3C#N)c3ccc(-c4cccc5ccccc45)cc23)/C=C\1. The summed E-state index contributed by atoms with van der Waals surface area (Å²) in [7, 11) is 0. The van der Waals surface area contributed by atoms with Crippen molar-refractivity contribution >= 4 is 60.3 Å². The van der Waals surface area contributed by atoms with Gasteiger partial charge in [-0.05, 0) is 92.7 Å². The summed E-state index contributed by atoms with van der Waals surface area (Å²) in [5, 5.41) is 29.9. The van der Waals surface area contributed by atoms with Gasteiger partial charge in [0.05, 0.1) is 44.7 Å². The zero-order chi connectivity index (χ0) is 37.0. The second kappa shape index (κ2) is 12.8. The van der Waals surface area contributed by atoms with Crippen molar-refractivity contribution in [1.82, 2.24) is 9.13 Å². The molecule has 1 aliphatic rings. The number of rotatable bonds is 3. The molecule has 0 fully saturated rings. The third-order valence-electron chi connectivity index (χ3n) is 10.9. The first-order chi connectivity index (χ1) is 27.1. The van der Waals surface area contributed by atoms with E-state index < -0.39 is 0 Å². The number of nitrogens with zero attached hydrogens (tertiary/aromatic N) is 4. The molecule has 256 valence electrons. The summed E-state index contributed by atoms with van der Waals surface area (Å²) in [5.41, 5.74) is 10.4. The first kappa shape index (κ1) is 32.0. The first-order valence-electron chi connectivity index (χ1n) is 18.4. The Bertz CT molecular complexity index is 3270. The second-order valence-electron chi connectivity index (χ2n) is 14.0. The lowest BCUT2D eigenvalue weighted by Gasteiger charge is -2.16. The molecule has 0 N–H and O–H groups in total. The summed E-state index contributed by atoms with van der Waals surface area (Å²) in [6.45, 7) is 4.25. The van der Waals surface area contributed by atoms with Crippen LogP contribution in [0.1, 0.15) is 22.4 Å². The van der Waals surface area contributed by atoms with Gasteiger partial charge in [-0.25, -0.2) is 0 Å². The minimum Gasteiger partial charge on any atom is -0.308 e. The van der Waals surface area contributed by atoms with Crippen LogP contribution >= 0.6 is 0 Å². The van der Waals surface area contributed by atoms with Gasteiger partial charge in [0.15, 0.2) is 0 Å². The van der Waals surface area contributed by atoms with Gasteiger partial charge < -0.3 is 9.13 Å². The van der Waals surface area contributed by atoms with Crippen LogP contribution in [0.3, 0.4) is 0 Å². The van der Waals surface area contributed by atoms with E-state index in [0.717, 1.165) is 71.4 Å². The molecule has 0 saturated heterocycles. The predicted octanol–water partition coefficient (Wildman–Crippen LogP) is 12.7. The lowest BCUT2D eigenvalue weighted by Crippen LogP contribution is -2.05. The Morgan fingerprint density at radius 2 is 1.18 bits per heavy atom. The number of hydrogen-bond acceptors (Lipinski definition) is 2. The number of para-hydroxylation sites is 1. The van der Waals surface area contributed by atoms with E-state index in [1.54, 1.807) is 0 Å². The van der Waals surface area contributed by atoms with Gasteiger partial charge in [0.2, 0.25) is 0 Å². The molecule has 7 aromatic carbocycles. The van der Waals surface area contributed by atoms with E-state index in [9.17, 15) is 10.5 Å². The highest BCUT2D eigenvalue weighted by atomic mass is 15.0. The summed E-state index contributed by atoms with van der Waals surface area (Å²) in [4.78, 5) is 0. The van der Waals surface area contributed by atoms with E-state index in [0.29, 0.717) is 28.9 Å². The zero-order valence-corrected chi connectivity index (χ0v) is 29.9. The third kappa shape index (κ3) is 5.05. The van der Waals surface area contributed by atoms with Crippen LogP contribution in [-0.4, -0.2) is 9.13 Å². The molecule has 55 heavy (non-hydrogen) atoms. The molecule has 0 unspecified atom stereocenters. The Balaban J connectivity index is 1.26. The molecule has 10 rings (SSSR count). The molecule has 4 heteroatoms. The largest absolute Gasteiger partial charge is 0.308 e. The number of allylic oxidation sites excluding steroid dienone is 6. The Labute approximate surface area is 318 Å². The molecular weight excluding hydrogens is 669 g/mol. The minimum atomic E-state index is 0.471. The van der Waals surface area contributed by atoms with E-state index in [1.807, 2.05) is 36.4 Å². The summed E-state index contributed by atoms with van der Waals surface area (Å²) in [6.07, 6.45) is 13.0. The molecule has 0 spiro atoms. The van der Waals surface area contributed by atoms with Crippen molar-refractivity contribution in [2.24, 2.45) is 0 Å². The highest BCUT2D eigenvalue weighted by Crippen LogP contribution is 2.41. The van der Waals surface area contributed by atoms with Crippen molar-refractivity contribution in [3.8, 4) is 34.6 Å². The highest BCUT2D eigenvalue weighted by Gasteiger charge is 2.23. The second-order valence-corrected chi connectivity index (χ2v) is 14.0. The fourth-order valence-electron chi connectivity index (χ4n) is 8.48. The van der Waals surface area contributed by atoms with Gasteiger partial charge in [0, 0.05) is 16.2 Å². The van der Waals surface area contributed by atoms with Crippen LogP contribution in [0.15, 0.2) is 176 Å². The van der Waals surface area contributed by atoms with Gasteiger partial charge in [-0.1, -0.05) is 134 Å². The Kier molecular flexibility index (Phi) is 7.44. The van der Waals surface area contributed by atoms with Crippen molar-refractivity contribution < 1.29 is 0 Å². The maximum atomic E-state index is 11.0. The molecule has 0 saturated carbocycles.